The largest absolute Gasteiger partial charge is 0.481 e. The summed E-state index contributed by atoms with van der Waals surface area (Å²) in [6, 6.07) is 4.16. The third-order valence-corrected chi connectivity index (χ3v) is 2.33. The minimum atomic E-state index is -0.568. The number of nitrogen functional groups attached to an aromatic ring is 1. The minimum absolute atomic E-state index is 0.0264. The summed E-state index contributed by atoms with van der Waals surface area (Å²) in [6.45, 7) is 3.65. The van der Waals surface area contributed by atoms with E-state index in [0.717, 1.165) is 12.5 Å². The number of hydrogen-bond donors (Lipinski definition) is 2. The summed E-state index contributed by atoms with van der Waals surface area (Å²) < 4.78 is 18.3. The fourth-order valence-electron chi connectivity index (χ4n) is 1.20. The molecule has 1 rings (SSSR count). The Morgan fingerprint density at radius 3 is 2.88 bits per heavy atom. The zero-order valence-corrected chi connectivity index (χ0v) is 10.00. The maximum atomic E-state index is 13.3. The molecule has 1 atom stereocenters. The van der Waals surface area contributed by atoms with E-state index in [-0.39, 0.29) is 24.3 Å². The molecule has 1 aromatic carbocycles. The Kier molecular flexibility index (Phi) is 4.75. The summed E-state index contributed by atoms with van der Waals surface area (Å²) in [7, 11) is 0. The Labute approximate surface area is 100.0 Å². The van der Waals surface area contributed by atoms with Crippen LogP contribution in [0.3, 0.4) is 0 Å². The van der Waals surface area contributed by atoms with Gasteiger partial charge in [-0.05, 0) is 25.5 Å². The number of benzene rings is 1. The highest BCUT2D eigenvalue weighted by Gasteiger charge is 2.08. The smallest absolute Gasteiger partial charge is 0.258 e. The van der Waals surface area contributed by atoms with E-state index in [1.165, 1.54) is 12.1 Å². The molecular formula is C12H17FN2O2. The lowest BCUT2D eigenvalue weighted by Gasteiger charge is -2.12. The monoisotopic (exact) mass is 240 g/mol. The van der Waals surface area contributed by atoms with Gasteiger partial charge in [0.25, 0.3) is 5.91 Å². The van der Waals surface area contributed by atoms with Crippen molar-refractivity contribution in [2.45, 2.75) is 26.3 Å². The first-order valence-electron chi connectivity index (χ1n) is 5.50. The molecule has 5 heteroatoms. The molecule has 1 aromatic rings. The van der Waals surface area contributed by atoms with Crippen molar-refractivity contribution < 1.29 is 13.9 Å². The van der Waals surface area contributed by atoms with Crippen molar-refractivity contribution in [3.63, 3.8) is 0 Å². The van der Waals surface area contributed by atoms with Crippen LogP contribution in [0.1, 0.15) is 20.3 Å². The second kappa shape index (κ2) is 6.08. The summed E-state index contributed by atoms with van der Waals surface area (Å²) in [5, 5.41) is 2.72. The lowest BCUT2D eigenvalue weighted by Crippen LogP contribution is -2.35. The summed E-state index contributed by atoms with van der Waals surface area (Å²) in [5.74, 6) is -0.810. The van der Waals surface area contributed by atoms with Crippen LogP contribution in [0.25, 0.3) is 0 Å². The molecule has 17 heavy (non-hydrogen) atoms. The van der Waals surface area contributed by atoms with E-state index in [4.69, 9.17) is 10.5 Å². The molecule has 1 amide bonds. The van der Waals surface area contributed by atoms with Gasteiger partial charge in [0.2, 0.25) is 0 Å². The van der Waals surface area contributed by atoms with Gasteiger partial charge < -0.3 is 15.8 Å². The van der Waals surface area contributed by atoms with Crippen LogP contribution in [-0.4, -0.2) is 18.6 Å². The van der Waals surface area contributed by atoms with Gasteiger partial charge in [0.15, 0.2) is 18.2 Å². The number of hydrogen-bond acceptors (Lipinski definition) is 3. The van der Waals surface area contributed by atoms with Crippen LogP contribution < -0.4 is 15.8 Å². The van der Waals surface area contributed by atoms with Gasteiger partial charge in [-0.25, -0.2) is 4.39 Å². The topological polar surface area (TPSA) is 64.3 Å². The number of carbonyl (C=O) groups excluding carboxylic acids is 1. The van der Waals surface area contributed by atoms with Crippen molar-refractivity contribution in [2.24, 2.45) is 0 Å². The molecule has 0 saturated heterocycles. The minimum Gasteiger partial charge on any atom is -0.481 e. The number of halogens is 1. The zero-order valence-electron chi connectivity index (χ0n) is 10.00. The Morgan fingerprint density at radius 2 is 2.29 bits per heavy atom. The van der Waals surface area contributed by atoms with Crippen molar-refractivity contribution in [2.75, 3.05) is 12.3 Å². The molecule has 0 radical (unpaired) electrons. The maximum Gasteiger partial charge on any atom is 0.258 e. The van der Waals surface area contributed by atoms with Crippen LogP contribution in [0, 0.1) is 5.82 Å². The first-order chi connectivity index (χ1) is 8.02. The lowest BCUT2D eigenvalue weighted by molar-refractivity contribution is -0.123. The van der Waals surface area contributed by atoms with E-state index in [0.29, 0.717) is 5.69 Å². The molecule has 4 nitrogen and oxygen atoms in total. The molecule has 0 saturated carbocycles. The van der Waals surface area contributed by atoms with Gasteiger partial charge in [0.05, 0.1) is 0 Å². The first kappa shape index (κ1) is 13.3. The second-order valence-corrected chi connectivity index (χ2v) is 3.86. The van der Waals surface area contributed by atoms with Crippen molar-refractivity contribution in [3.05, 3.63) is 24.0 Å². The molecule has 94 valence electrons. The predicted molar refractivity (Wildman–Crippen MR) is 64.2 cm³/mol. The Bertz CT molecular complexity index is 396. The molecule has 0 bridgehead atoms. The van der Waals surface area contributed by atoms with Crippen LogP contribution in [0.5, 0.6) is 5.75 Å². The van der Waals surface area contributed by atoms with Gasteiger partial charge in [-0.1, -0.05) is 6.92 Å². The normalized spacial score (nSPS) is 11.9. The molecule has 0 heterocycles. The van der Waals surface area contributed by atoms with E-state index in [1.807, 2.05) is 13.8 Å². The Morgan fingerprint density at radius 1 is 1.59 bits per heavy atom. The van der Waals surface area contributed by atoms with Crippen molar-refractivity contribution in [1.29, 1.82) is 0 Å². The van der Waals surface area contributed by atoms with E-state index >= 15 is 0 Å². The molecule has 0 aliphatic heterocycles. The van der Waals surface area contributed by atoms with Gasteiger partial charge in [-0.3, -0.25) is 4.79 Å². The summed E-state index contributed by atoms with van der Waals surface area (Å²) in [4.78, 5) is 11.4. The van der Waals surface area contributed by atoms with Crippen LogP contribution >= 0.6 is 0 Å². The van der Waals surface area contributed by atoms with E-state index in [1.54, 1.807) is 0 Å². The van der Waals surface area contributed by atoms with Crippen molar-refractivity contribution in [3.8, 4) is 5.75 Å². The fraction of sp³-hybridized carbons (Fsp3) is 0.417. The highest BCUT2D eigenvalue weighted by Crippen LogP contribution is 2.18. The SMILES string of the molecule is CCC(C)NC(=O)COc1ccc(N)cc1F. The van der Waals surface area contributed by atoms with E-state index < -0.39 is 5.82 Å². The molecule has 1 unspecified atom stereocenters. The quantitative estimate of drug-likeness (QED) is 0.770. The second-order valence-electron chi connectivity index (χ2n) is 3.86. The highest BCUT2D eigenvalue weighted by molar-refractivity contribution is 5.77. The molecule has 0 aliphatic carbocycles. The first-order valence-corrected chi connectivity index (χ1v) is 5.50. The molecule has 0 aromatic heterocycles. The molecule has 0 aliphatic rings. The zero-order chi connectivity index (χ0) is 12.8. The van der Waals surface area contributed by atoms with Crippen LogP contribution in [0.2, 0.25) is 0 Å². The van der Waals surface area contributed by atoms with E-state index in [2.05, 4.69) is 5.32 Å². The van der Waals surface area contributed by atoms with Gasteiger partial charge in [0.1, 0.15) is 0 Å². The fourth-order valence-corrected chi connectivity index (χ4v) is 1.20. The van der Waals surface area contributed by atoms with Gasteiger partial charge >= 0.3 is 0 Å². The summed E-state index contributed by atoms with van der Waals surface area (Å²) in [5.41, 5.74) is 5.71. The number of amides is 1. The number of nitrogens with two attached hydrogens (primary N) is 1. The number of ether oxygens (including phenoxy) is 1. The third kappa shape index (κ3) is 4.30. The Hall–Kier alpha value is -1.78. The van der Waals surface area contributed by atoms with Crippen molar-refractivity contribution in [1.82, 2.24) is 5.32 Å². The molecular weight excluding hydrogens is 223 g/mol. The number of anilines is 1. The molecule has 0 spiro atoms. The number of rotatable bonds is 5. The van der Waals surface area contributed by atoms with Gasteiger partial charge in [0, 0.05) is 17.8 Å². The van der Waals surface area contributed by atoms with Crippen molar-refractivity contribution >= 4 is 11.6 Å². The van der Waals surface area contributed by atoms with Crippen LogP contribution in [0.15, 0.2) is 18.2 Å². The lowest BCUT2D eigenvalue weighted by atomic mass is 10.2. The standard InChI is InChI=1S/C12H17FN2O2/c1-3-8(2)15-12(16)7-17-11-5-4-9(14)6-10(11)13/h4-6,8H,3,7,14H2,1-2H3,(H,15,16). The molecule has 0 fully saturated rings. The van der Waals surface area contributed by atoms with Gasteiger partial charge in [-0.2, -0.15) is 0 Å². The summed E-state index contributed by atoms with van der Waals surface area (Å²) in [6.07, 6.45) is 0.835. The average molecular weight is 240 g/mol. The Balaban J connectivity index is 2.47. The molecule has 3 N–H and O–H groups in total. The van der Waals surface area contributed by atoms with Crippen LogP contribution in [-0.2, 0) is 4.79 Å². The van der Waals surface area contributed by atoms with Crippen LogP contribution in [0.4, 0.5) is 10.1 Å². The average Bonchev–Trinajstić information content (AvgIpc) is 2.27. The number of nitrogens with one attached hydrogen (secondary N) is 1. The summed E-state index contributed by atoms with van der Waals surface area (Å²) >= 11 is 0. The number of carbonyl (C=O) groups is 1. The highest BCUT2D eigenvalue weighted by atomic mass is 19.1. The maximum absolute atomic E-state index is 13.3. The third-order valence-electron chi connectivity index (χ3n) is 2.33. The predicted octanol–water partition coefficient (Wildman–Crippen LogP) is 1.70. The van der Waals surface area contributed by atoms with Gasteiger partial charge in [-0.15, -0.1) is 0 Å². The van der Waals surface area contributed by atoms with E-state index in [9.17, 15) is 9.18 Å².